The van der Waals surface area contributed by atoms with Gasteiger partial charge in [0.2, 0.25) is 5.91 Å². The highest BCUT2D eigenvalue weighted by Crippen LogP contribution is 2.29. The Kier molecular flexibility index (Phi) is 6.81. The summed E-state index contributed by atoms with van der Waals surface area (Å²) in [5.41, 5.74) is 6.70. The summed E-state index contributed by atoms with van der Waals surface area (Å²) in [5, 5.41) is 6.20. The Hall–Kier alpha value is -3.03. The minimum atomic E-state index is -4.32. The molecule has 0 saturated heterocycles. The van der Waals surface area contributed by atoms with Crippen molar-refractivity contribution in [2.75, 3.05) is 13.6 Å². The number of benzene rings is 2. The fourth-order valence-electron chi connectivity index (χ4n) is 2.43. The van der Waals surface area contributed by atoms with Gasteiger partial charge in [-0.3, -0.25) is 9.79 Å². The van der Waals surface area contributed by atoms with Crippen LogP contribution in [-0.4, -0.2) is 25.5 Å². The molecule has 2 rings (SSSR count). The van der Waals surface area contributed by atoms with Gasteiger partial charge in [0.15, 0.2) is 5.96 Å². The summed E-state index contributed by atoms with van der Waals surface area (Å²) in [6.07, 6.45) is -3.77. The lowest BCUT2D eigenvalue weighted by molar-refractivity contribution is -0.137. The molecule has 0 atom stereocenters. The van der Waals surface area contributed by atoms with Gasteiger partial charge in [-0.05, 0) is 41.8 Å². The Morgan fingerprint density at radius 1 is 1.07 bits per heavy atom. The first-order valence-corrected chi connectivity index (χ1v) is 8.29. The molecular formula is C19H21F3N4O. The summed E-state index contributed by atoms with van der Waals surface area (Å²) < 4.78 is 37.7. The van der Waals surface area contributed by atoms with Gasteiger partial charge in [-0.1, -0.05) is 24.3 Å². The number of primary amides is 1. The smallest absolute Gasteiger partial charge is 0.366 e. The summed E-state index contributed by atoms with van der Waals surface area (Å²) in [6, 6.07) is 12.0. The van der Waals surface area contributed by atoms with E-state index in [2.05, 4.69) is 15.6 Å². The molecule has 0 aromatic heterocycles. The first kappa shape index (κ1) is 20.3. The quantitative estimate of drug-likeness (QED) is 0.534. The molecule has 2 aromatic rings. The number of alkyl halides is 3. The second kappa shape index (κ2) is 9.07. The van der Waals surface area contributed by atoms with E-state index in [1.807, 2.05) is 6.07 Å². The van der Waals surface area contributed by atoms with Gasteiger partial charge in [0.05, 0.1) is 5.56 Å². The van der Waals surface area contributed by atoms with Crippen LogP contribution in [0, 0.1) is 0 Å². The average molecular weight is 378 g/mol. The van der Waals surface area contributed by atoms with Crippen LogP contribution in [0.25, 0.3) is 0 Å². The van der Waals surface area contributed by atoms with E-state index < -0.39 is 17.6 Å². The van der Waals surface area contributed by atoms with Crippen molar-refractivity contribution >= 4 is 11.9 Å². The van der Waals surface area contributed by atoms with E-state index in [4.69, 9.17) is 5.73 Å². The molecule has 2 aromatic carbocycles. The van der Waals surface area contributed by atoms with Gasteiger partial charge in [0.25, 0.3) is 0 Å². The third-order valence-electron chi connectivity index (χ3n) is 3.88. The number of aliphatic imine (C=N–C) groups is 1. The Balaban J connectivity index is 1.82. The number of carbonyl (C=O) groups is 1. The van der Waals surface area contributed by atoms with E-state index in [1.54, 1.807) is 25.2 Å². The zero-order valence-corrected chi connectivity index (χ0v) is 14.8. The van der Waals surface area contributed by atoms with Gasteiger partial charge >= 0.3 is 6.18 Å². The molecule has 1 amide bonds. The SMILES string of the molecule is CN=C(NCCc1ccc(C(F)(F)F)cc1)NCc1cccc(C(N)=O)c1. The van der Waals surface area contributed by atoms with Gasteiger partial charge in [-0.2, -0.15) is 13.2 Å². The Morgan fingerprint density at radius 2 is 1.78 bits per heavy atom. The lowest BCUT2D eigenvalue weighted by atomic mass is 10.1. The van der Waals surface area contributed by atoms with Crippen LogP contribution in [0.2, 0.25) is 0 Å². The third kappa shape index (κ3) is 6.32. The Labute approximate surface area is 155 Å². The standard InChI is InChI=1S/C19H21F3N4O/c1-24-18(26-12-14-3-2-4-15(11-14)17(23)27)25-10-9-13-5-7-16(8-6-13)19(20,21)22/h2-8,11H,9-10,12H2,1H3,(H2,23,27)(H2,24,25,26). The van der Waals surface area contributed by atoms with Crippen molar-refractivity contribution in [3.05, 3.63) is 70.8 Å². The molecule has 0 spiro atoms. The number of halogens is 3. The van der Waals surface area contributed by atoms with E-state index in [0.29, 0.717) is 31.0 Å². The van der Waals surface area contributed by atoms with Crippen LogP contribution in [0.4, 0.5) is 13.2 Å². The molecule has 4 N–H and O–H groups in total. The maximum atomic E-state index is 12.6. The number of guanidine groups is 1. The molecule has 144 valence electrons. The maximum absolute atomic E-state index is 12.6. The highest BCUT2D eigenvalue weighted by molar-refractivity contribution is 5.92. The van der Waals surface area contributed by atoms with Crippen molar-refractivity contribution in [3.8, 4) is 0 Å². The average Bonchev–Trinajstić information content (AvgIpc) is 2.64. The van der Waals surface area contributed by atoms with Crippen LogP contribution in [0.1, 0.15) is 27.0 Å². The summed E-state index contributed by atoms with van der Waals surface area (Å²) in [6.45, 7) is 0.952. The second-order valence-corrected chi connectivity index (χ2v) is 5.86. The largest absolute Gasteiger partial charge is 0.416 e. The molecule has 8 heteroatoms. The van der Waals surface area contributed by atoms with Crippen LogP contribution in [0.5, 0.6) is 0 Å². The normalized spacial score (nSPS) is 11.9. The minimum Gasteiger partial charge on any atom is -0.366 e. The first-order valence-electron chi connectivity index (χ1n) is 8.29. The van der Waals surface area contributed by atoms with E-state index in [-0.39, 0.29) is 0 Å². The number of carbonyl (C=O) groups excluding carboxylic acids is 1. The van der Waals surface area contributed by atoms with Gasteiger partial charge in [-0.25, -0.2) is 0 Å². The van der Waals surface area contributed by atoms with Gasteiger partial charge in [-0.15, -0.1) is 0 Å². The van der Waals surface area contributed by atoms with Crippen LogP contribution in [0.15, 0.2) is 53.5 Å². The molecule has 0 radical (unpaired) electrons. The molecule has 0 aliphatic carbocycles. The van der Waals surface area contributed by atoms with Crippen LogP contribution in [0.3, 0.4) is 0 Å². The molecule has 0 saturated carbocycles. The molecule has 0 fully saturated rings. The minimum absolute atomic E-state index is 0.430. The molecule has 0 unspecified atom stereocenters. The maximum Gasteiger partial charge on any atom is 0.416 e. The Morgan fingerprint density at radius 3 is 2.37 bits per heavy atom. The summed E-state index contributed by atoms with van der Waals surface area (Å²) in [5.74, 6) is 0.0577. The van der Waals surface area contributed by atoms with Crippen molar-refractivity contribution in [3.63, 3.8) is 0 Å². The number of amides is 1. The molecule has 0 bridgehead atoms. The molecular weight excluding hydrogens is 357 g/mol. The van der Waals surface area contributed by atoms with Crippen molar-refractivity contribution in [1.29, 1.82) is 0 Å². The summed E-state index contributed by atoms with van der Waals surface area (Å²) >= 11 is 0. The summed E-state index contributed by atoms with van der Waals surface area (Å²) in [4.78, 5) is 15.3. The highest BCUT2D eigenvalue weighted by atomic mass is 19.4. The van der Waals surface area contributed by atoms with Crippen LogP contribution < -0.4 is 16.4 Å². The number of nitrogens with two attached hydrogens (primary N) is 1. The van der Waals surface area contributed by atoms with Gasteiger partial charge < -0.3 is 16.4 Å². The zero-order valence-electron chi connectivity index (χ0n) is 14.8. The summed E-state index contributed by atoms with van der Waals surface area (Å²) in [7, 11) is 1.62. The molecule has 0 aliphatic rings. The number of hydrogen-bond donors (Lipinski definition) is 3. The number of rotatable bonds is 6. The molecule has 5 nitrogen and oxygen atoms in total. The predicted octanol–water partition coefficient (Wildman–Crippen LogP) is 2.71. The van der Waals surface area contributed by atoms with E-state index in [1.165, 1.54) is 12.1 Å². The third-order valence-corrected chi connectivity index (χ3v) is 3.88. The highest BCUT2D eigenvalue weighted by Gasteiger charge is 2.29. The fraction of sp³-hybridized carbons (Fsp3) is 0.263. The predicted molar refractivity (Wildman–Crippen MR) is 98.3 cm³/mol. The lowest BCUT2D eigenvalue weighted by Crippen LogP contribution is -2.37. The van der Waals surface area contributed by atoms with Crippen molar-refractivity contribution in [1.82, 2.24) is 10.6 Å². The number of nitrogens with one attached hydrogen (secondary N) is 2. The van der Waals surface area contributed by atoms with Crippen LogP contribution >= 0.6 is 0 Å². The van der Waals surface area contributed by atoms with Crippen LogP contribution in [-0.2, 0) is 19.1 Å². The fourth-order valence-corrected chi connectivity index (χ4v) is 2.43. The monoisotopic (exact) mass is 378 g/mol. The number of hydrogen-bond acceptors (Lipinski definition) is 2. The van der Waals surface area contributed by atoms with E-state index in [9.17, 15) is 18.0 Å². The number of nitrogens with zero attached hydrogens (tertiary/aromatic N) is 1. The van der Waals surface area contributed by atoms with Gasteiger partial charge in [0.1, 0.15) is 0 Å². The van der Waals surface area contributed by atoms with Crippen molar-refractivity contribution in [2.45, 2.75) is 19.1 Å². The van der Waals surface area contributed by atoms with Gasteiger partial charge in [0, 0.05) is 25.7 Å². The molecule has 0 aliphatic heterocycles. The lowest BCUT2D eigenvalue weighted by Gasteiger charge is -2.13. The molecule has 0 heterocycles. The van der Waals surface area contributed by atoms with E-state index >= 15 is 0 Å². The topological polar surface area (TPSA) is 79.5 Å². The first-order chi connectivity index (χ1) is 12.8. The second-order valence-electron chi connectivity index (χ2n) is 5.86. The zero-order chi connectivity index (χ0) is 19.9. The van der Waals surface area contributed by atoms with Crippen molar-refractivity contribution in [2.24, 2.45) is 10.7 Å². The molecule has 27 heavy (non-hydrogen) atoms. The Bertz CT molecular complexity index is 801. The van der Waals surface area contributed by atoms with E-state index in [0.717, 1.165) is 23.3 Å². The van der Waals surface area contributed by atoms with Crippen molar-refractivity contribution < 1.29 is 18.0 Å².